The number of pyridine rings is 1. The zero-order valence-corrected chi connectivity index (χ0v) is 12.1. The molecule has 0 fully saturated rings. The van der Waals surface area contributed by atoms with E-state index in [4.69, 9.17) is 0 Å². The van der Waals surface area contributed by atoms with E-state index in [-0.39, 0.29) is 0 Å². The fraction of sp³-hybridized carbons (Fsp3) is 0.125. The normalized spacial score (nSPS) is 11.1. The number of hydrogen-bond acceptors (Lipinski definition) is 4. The summed E-state index contributed by atoms with van der Waals surface area (Å²) in [7, 11) is 1.91. The van der Waals surface area contributed by atoms with Crippen molar-refractivity contribution in [1.82, 2.24) is 29.3 Å². The van der Waals surface area contributed by atoms with Gasteiger partial charge in [-0.3, -0.25) is 9.67 Å². The summed E-state index contributed by atoms with van der Waals surface area (Å²) in [6.45, 7) is 0.614. The molecule has 0 amide bonds. The first-order valence-electron chi connectivity index (χ1n) is 7.00. The number of hydrogen-bond donors (Lipinski definition) is 0. The molecular weight excluding hydrogens is 276 g/mol. The highest BCUT2D eigenvalue weighted by atomic mass is 15.2. The smallest absolute Gasteiger partial charge is 0.147 e. The van der Waals surface area contributed by atoms with Crippen LogP contribution in [0.15, 0.2) is 55.4 Å². The second kappa shape index (κ2) is 5.07. The summed E-state index contributed by atoms with van der Waals surface area (Å²) in [5.74, 6) is 0.779. The molecule has 22 heavy (non-hydrogen) atoms. The molecule has 4 aromatic rings. The molecule has 0 atom stereocenters. The van der Waals surface area contributed by atoms with E-state index >= 15 is 0 Å². The quantitative estimate of drug-likeness (QED) is 0.581. The van der Waals surface area contributed by atoms with E-state index in [2.05, 4.69) is 36.9 Å². The predicted molar refractivity (Wildman–Crippen MR) is 83.1 cm³/mol. The molecule has 4 aromatic heterocycles. The minimum atomic E-state index is 0.614. The lowest BCUT2D eigenvalue weighted by Gasteiger charge is -2.02. The molecule has 0 bridgehead atoms. The van der Waals surface area contributed by atoms with Crippen molar-refractivity contribution in [2.24, 2.45) is 7.05 Å². The molecular formula is C16H14N6. The van der Waals surface area contributed by atoms with Crippen molar-refractivity contribution in [3.63, 3.8) is 0 Å². The van der Waals surface area contributed by atoms with E-state index in [0.29, 0.717) is 6.54 Å². The first-order chi connectivity index (χ1) is 10.8. The Bertz CT molecular complexity index is 922. The van der Waals surface area contributed by atoms with Crippen LogP contribution in [0.2, 0.25) is 0 Å². The van der Waals surface area contributed by atoms with E-state index < -0.39 is 0 Å². The first kappa shape index (κ1) is 12.7. The number of aromatic nitrogens is 6. The van der Waals surface area contributed by atoms with Gasteiger partial charge in [-0.2, -0.15) is 5.10 Å². The van der Waals surface area contributed by atoms with Gasteiger partial charge >= 0.3 is 0 Å². The number of nitrogens with zero attached hydrogens (tertiary/aromatic N) is 6. The molecule has 0 saturated carbocycles. The van der Waals surface area contributed by atoms with E-state index in [1.807, 2.05) is 37.8 Å². The Hall–Kier alpha value is -3.02. The zero-order chi connectivity index (χ0) is 14.9. The Kier molecular flexibility index (Phi) is 2.93. The largest absolute Gasteiger partial charge is 0.338 e. The standard InChI is InChI=1S/C16H14N6/c1-21-9-12(8-20-21)13-10-22(11-15-17-6-3-7-18-15)14-4-2-5-19-16(13)14/h2-10H,11H2,1H3. The van der Waals surface area contributed by atoms with Crippen molar-refractivity contribution < 1.29 is 0 Å². The average molecular weight is 290 g/mol. The topological polar surface area (TPSA) is 61.4 Å². The van der Waals surface area contributed by atoms with Crippen LogP contribution in [0.25, 0.3) is 22.2 Å². The highest BCUT2D eigenvalue weighted by molar-refractivity contribution is 5.92. The van der Waals surface area contributed by atoms with Gasteiger partial charge in [-0.25, -0.2) is 9.97 Å². The van der Waals surface area contributed by atoms with Crippen LogP contribution < -0.4 is 0 Å². The molecule has 0 unspecified atom stereocenters. The van der Waals surface area contributed by atoms with E-state index in [1.54, 1.807) is 17.1 Å². The molecule has 108 valence electrons. The highest BCUT2D eigenvalue weighted by Crippen LogP contribution is 2.28. The summed E-state index contributed by atoms with van der Waals surface area (Å²) in [5, 5.41) is 4.25. The molecule has 6 heteroatoms. The van der Waals surface area contributed by atoms with Crippen LogP contribution in [-0.4, -0.2) is 29.3 Å². The van der Waals surface area contributed by atoms with Gasteiger partial charge in [-0.1, -0.05) is 0 Å². The van der Waals surface area contributed by atoms with Crippen LogP contribution in [0.3, 0.4) is 0 Å². The predicted octanol–water partition coefficient (Wildman–Crippen LogP) is 2.28. The molecule has 0 N–H and O–H groups in total. The zero-order valence-electron chi connectivity index (χ0n) is 12.1. The average Bonchev–Trinajstić information content (AvgIpc) is 3.13. The van der Waals surface area contributed by atoms with Crippen molar-refractivity contribution in [3.8, 4) is 11.1 Å². The summed E-state index contributed by atoms with van der Waals surface area (Å²) in [5.41, 5.74) is 4.15. The lowest BCUT2D eigenvalue weighted by Crippen LogP contribution is -2.02. The van der Waals surface area contributed by atoms with Gasteiger partial charge in [0.15, 0.2) is 0 Å². The maximum absolute atomic E-state index is 4.53. The second-order valence-corrected chi connectivity index (χ2v) is 5.11. The minimum Gasteiger partial charge on any atom is -0.338 e. The fourth-order valence-electron chi connectivity index (χ4n) is 2.59. The van der Waals surface area contributed by atoms with Crippen molar-refractivity contribution >= 4 is 11.0 Å². The van der Waals surface area contributed by atoms with E-state index in [1.165, 1.54) is 0 Å². The Balaban J connectivity index is 1.86. The van der Waals surface area contributed by atoms with Crippen LogP contribution in [0, 0.1) is 0 Å². The fourth-order valence-corrected chi connectivity index (χ4v) is 2.59. The van der Waals surface area contributed by atoms with Crippen molar-refractivity contribution in [3.05, 3.63) is 61.2 Å². The molecule has 0 aromatic carbocycles. The molecule has 6 nitrogen and oxygen atoms in total. The lowest BCUT2D eigenvalue weighted by atomic mass is 10.2. The molecule has 0 saturated heterocycles. The molecule has 0 aliphatic rings. The third-order valence-electron chi connectivity index (χ3n) is 3.58. The maximum Gasteiger partial charge on any atom is 0.147 e. The van der Waals surface area contributed by atoms with Gasteiger partial charge in [-0.05, 0) is 18.2 Å². The van der Waals surface area contributed by atoms with Crippen LogP contribution in [0.1, 0.15) is 5.82 Å². The van der Waals surface area contributed by atoms with Crippen LogP contribution in [0.4, 0.5) is 0 Å². The summed E-state index contributed by atoms with van der Waals surface area (Å²) >= 11 is 0. The van der Waals surface area contributed by atoms with E-state index in [0.717, 1.165) is 28.0 Å². The number of fused-ring (bicyclic) bond motifs is 1. The van der Waals surface area contributed by atoms with Gasteiger partial charge in [0.1, 0.15) is 5.82 Å². The van der Waals surface area contributed by atoms with Gasteiger partial charge in [0.2, 0.25) is 0 Å². The Morgan fingerprint density at radius 1 is 1.00 bits per heavy atom. The lowest BCUT2D eigenvalue weighted by molar-refractivity contribution is 0.767. The molecule has 0 radical (unpaired) electrons. The third kappa shape index (κ3) is 2.14. The van der Waals surface area contributed by atoms with Gasteiger partial charge < -0.3 is 4.57 Å². The Labute approximate surface area is 127 Å². The van der Waals surface area contributed by atoms with Crippen LogP contribution in [0.5, 0.6) is 0 Å². The van der Waals surface area contributed by atoms with Gasteiger partial charge in [0.05, 0.1) is 23.8 Å². The Morgan fingerprint density at radius 2 is 1.82 bits per heavy atom. The molecule has 4 rings (SSSR count). The highest BCUT2D eigenvalue weighted by Gasteiger charge is 2.13. The maximum atomic E-state index is 4.53. The number of aryl methyl sites for hydroxylation is 1. The third-order valence-corrected chi connectivity index (χ3v) is 3.58. The molecule has 0 spiro atoms. The summed E-state index contributed by atoms with van der Waals surface area (Å²) in [6.07, 6.45) is 11.3. The van der Waals surface area contributed by atoms with Crippen molar-refractivity contribution in [1.29, 1.82) is 0 Å². The van der Waals surface area contributed by atoms with Gasteiger partial charge in [-0.15, -0.1) is 0 Å². The summed E-state index contributed by atoms with van der Waals surface area (Å²) in [6, 6.07) is 5.82. The summed E-state index contributed by atoms with van der Waals surface area (Å²) < 4.78 is 3.92. The van der Waals surface area contributed by atoms with Crippen molar-refractivity contribution in [2.45, 2.75) is 6.54 Å². The minimum absolute atomic E-state index is 0.614. The van der Waals surface area contributed by atoms with Crippen LogP contribution in [-0.2, 0) is 13.6 Å². The first-order valence-corrected chi connectivity index (χ1v) is 7.00. The SMILES string of the molecule is Cn1cc(-c2cn(Cc3ncccn3)c3cccnc23)cn1. The number of rotatable bonds is 3. The monoisotopic (exact) mass is 290 g/mol. The molecule has 4 heterocycles. The molecule has 0 aliphatic heterocycles. The van der Waals surface area contributed by atoms with Crippen LogP contribution >= 0.6 is 0 Å². The summed E-state index contributed by atoms with van der Waals surface area (Å²) in [4.78, 5) is 13.1. The van der Waals surface area contributed by atoms with Gasteiger partial charge in [0, 0.05) is 49.2 Å². The van der Waals surface area contributed by atoms with Crippen molar-refractivity contribution in [2.75, 3.05) is 0 Å². The Morgan fingerprint density at radius 3 is 2.59 bits per heavy atom. The van der Waals surface area contributed by atoms with Gasteiger partial charge in [0.25, 0.3) is 0 Å². The van der Waals surface area contributed by atoms with E-state index in [9.17, 15) is 0 Å². The second-order valence-electron chi connectivity index (χ2n) is 5.11. The molecule has 0 aliphatic carbocycles.